The quantitative estimate of drug-likeness (QED) is 0.641. The van der Waals surface area contributed by atoms with Gasteiger partial charge in [0.05, 0.1) is 12.5 Å². The molecule has 3 aromatic carbocycles. The van der Waals surface area contributed by atoms with E-state index in [9.17, 15) is 9.90 Å². The maximum Gasteiger partial charge on any atom is 0.305 e. The molecule has 2 N–H and O–H groups in total. The van der Waals surface area contributed by atoms with Crippen LogP contribution in [0.3, 0.4) is 0 Å². The Kier molecular flexibility index (Phi) is 5.82. The molecule has 0 saturated heterocycles. The first-order chi connectivity index (χ1) is 12.6. The highest BCUT2D eigenvalue weighted by Crippen LogP contribution is 2.27. The van der Waals surface area contributed by atoms with Gasteiger partial charge in [-0.2, -0.15) is 0 Å². The highest BCUT2D eigenvalue weighted by molar-refractivity contribution is 5.68. The van der Waals surface area contributed by atoms with Crippen LogP contribution in [0.1, 0.15) is 40.8 Å². The van der Waals surface area contributed by atoms with Gasteiger partial charge in [-0.15, -0.1) is 0 Å². The van der Waals surface area contributed by atoms with Crippen LogP contribution in [0, 0.1) is 6.92 Å². The number of carbonyl (C=O) groups is 1. The molecule has 0 aliphatic carbocycles. The van der Waals surface area contributed by atoms with E-state index in [0.717, 1.165) is 22.3 Å². The molecule has 0 aromatic heterocycles. The summed E-state index contributed by atoms with van der Waals surface area (Å²) >= 11 is 0. The third-order valence-electron chi connectivity index (χ3n) is 4.49. The summed E-state index contributed by atoms with van der Waals surface area (Å²) in [6.45, 7) is 2.03. The molecular weight excluding hydrogens is 322 g/mol. The first-order valence-corrected chi connectivity index (χ1v) is 8.78. The fourth-order valence-corrected chi connectivity index (χ4v) is 3.12. The zero-order valence-corrected chi connectivity index (χ0v) is 14.8. The van der Waals surface area contributed by atoms with Crippen LogP contribution in [0.2, 0.25) is 0 Å². The molecule has 3 heteroatoms. The molecule has 3 aromatic rings. The first-order valence-electron chi connectivity index (χ1n) is 8.78. The van der Waals surface area contributed by atoms with Crippen LogP contribution in [0.5, 0.6) is 0 Å². The fourth-order valence-electron chi connectivity index (χ4n) is 3.12. The van der Waals surface area contributed by atoms with Gasteiger partial charge in [0.15, 0.2) is 0 Å². The van der Waals surface area contributed by atoms with E-state index in [4.69, 9.17) is 0 Å². The standard InChI is InChI=1S/C23H23NO2/c1-17-12-14-18(15-13-17)21(16-22(25)26)24-23(19-8-4-2-5-9-19)20-10-6-3-7-11-20/h2-15,21,23-24H,16H2,1H3,(H,25,26)/t21-/m1/s1. The van der Waals surface area contributed by atoms with Crippen molar-refractivity contribution in [2.75, 3.05) is 0 Å². The predicted octanol–water partition coefficient (Wildman–Crippen LogP) is 4.89. The molecule has 1 atom stereocenters. The Hall–Kier alpha value is -2.91. The van der Waals surface area contributed by atoms with Crippen LogP contribution in [0.25, 0.3) is 0 Å². The Labute approximate surface area is 154 Å². The molecule has 0 radical (unpaired) electrons. The minimum absolute atomic E-state index is 0.0270. The van der Waals surface area contributed by atoms with Crippen LogP contribution in [-0.2, 0) is 4.79 Å². The van der Waals surface area contributed by atoms with Gasteiger partial charge < -0.3 is 5.11 Å². The van der Waals surface area contributed by atoms with Gasteiger partial charge in [0.2, 0.25) is 0 Å². The second-order valence-electron chi connectivity index (χ2n) is 6.48. The van der Waals surface area contributed by atoms with E-state index in [1.54, 1.807) is 0 Å². The van der Waals surface area contributed by atoms with Crippen LogP contribution in [0.15, 0.2) is 84.9 Å². The van der Waals surface area contributed by atoms with Gasteiger partial charge in [-0.05, 0) is 23.6 Å². The van der Waals surface area contributed by atoms with Gasteiger partial charge in [-0.25, -0.2) is 0 Å². The summed E-state index contributed by atoms with van der Waals surface area (Å²) < 4.78 is 0. The third kappa shape index (κ3) is 4.58. The van der Waals surface area contributed by atoms with Crippen molar-refractivity contribution in [1.29, 1.82) is 0 Å². The van der Waals surface area contributed by atoms with Gasteiger partial charge in [0, 0.05) is 6.04 Å². The number of hydrogen-bond acceptors (Lipinski definition) is 2. The van der Waals surface area contributed by atoms with Crippen LogP contribution in [-0.4, -0.2) is 11.1 Å². The minimum atomic E-state index is -0.817. The molecule has 3 rings (SSSR count). The lowest BCUT2D eigenvalue weighted by molar-refractivity contribution is -0.137. The largest absolute Gasteiger partial charge is 0.481 e. The molecule has 26 heavy (non-hydrogen) atoms. The number of aliphatic carboxylic acids is 1. The maximum absolute atomic E-state index is 11.5. The van der Waals surface area contributed by atoms with Crippen molar-refractivity contribution < 1.29 is 9.90 Å². The highest BCUT2D eigenvalue weighted by Gasteiger charge is 2.22. The Morgan fingerprint density at radius 1 is 0.808 bits per heavy atom. The van der Waals surface area contributed by atoms with E-state index < -0.39 is 5.97 Å². The van der Waals surface area contributed by atoms with Gasteiger partial charge >= 0.3 is 5.97 Å². The number of carboxylic acid groups (broad SMARTS) is 1. The van der Waals surface area contributed by atoms with Crippen LogP contribution in [0.4, 0.5) is 0 Å². The molecule has 0 fully saturated rings. The van der Waals surface area contributed by atoms with Crippen molar-refractivity contribution >= 4 is 5.97 Å². The zero-order valence-electron chi connectivity index (χ0n) is 14.8. The second kappa shape index (κ2) is 8.45. The van der Waals surface area contributed by atoms with E-state index in [1.165, 1.54) is 0 Å². The first kappa shape index (κ1) is 17.9. The van der Waals surface area contributed by atoms with Gasteiger partial charge in [0.1, 0.15) is 0 Å². The van der Waals surface area contributed by atoms with Crippen molar-refractivity contribution in [3.8, 4) is 0 Å². The van der Waals surface area contributed by atoms with Crippen molar-refractivity contribution in [2.24, 2.45) is 0 Å². The van der Waals surface area contributed by atoms with Crippen LogP contribution >= 0.6 is 0 Å². The molecule has 132 valence electrons. The number of hydrogen-bond donors (Lipinski definition) is 2. The Morgan fingerprint density at radius 3 is 1.77 bits per heavy atom. The van der Waals surface area contributed by atoms with E-state index >= 15 is 0 Å². The zero-order chi connectivity index (χ0) is 18.4. The van der Waals surface area contributed by atoms with E-state index in [-0.39, 0.29) is 18.5 Å². The molecular formula is C23H23NO2. The lowest BCUT2D eigenvalue weighted by atomic mass is 9.95. The number of nitrogens with one attached hydrogen (secondary N) is 1. The van der Waals surface area contributed by atoms with E-state index in [2.05, 4.69) is 29.6 Å². The molecule has 0 amide bonds. The SMILES string of the molecule is Cc1ccc([C@@H](CC(=O)O)NC(c2ccccc2)c2ccccc2)cc1. The molecule has 0 unspecified atom stereocenters. The summed E-state index contributed by atoms with van der Waals surface area (Å²) in [5, 5.41) is 13.0. The van der Waals surface area contributed by atoms with Gasteiger partial charge in [-0.1, -0.05) is 90.5 Å². The number of aryl methyl sites for hydroxylation is 1. The number of benzene rings is 3. The third-order valence-corrected chi connectivity index (χ3v) is 4.49. The molecule has 3 nitrogen and oxygen atoms in total. The number of rotatable bonds is 7. The van der Waals surface area contributed by atoms with Gasteiger partial charge in [-0.3, -0.25) is 10.1 Å². The number of carboxylic acids is 1. The average molecular weight is 345 g/mol. The monoisotopic (exact) mass is 345 g/mol. The predicted molar refractivity (Wildman–Crippen MR) is 104 cm³/mol. The molecule has 0 heterocycles. The van der Waals surface area contributed by atoms with E-state index in [1.807, 2.05) is 67.6 Å². The fraction of sp³-hybridized carbons (Fsp3) is 0.174. The van der Waals surface area contributed by atoms with Crippen molar-refractivity contribution in [2.45, 2.75) is 25.4 Å². The van der Waals surface area contributed by atoms with Crippen molar-refractivity contribution in [3.63, 3.8) is 0 Å². The Balaban J connectivity index is 1.96. The summed E-state index contributed by atoms with van der Waals surface area (Å²) in [7, 11) is 0. The molecule has 0 saturated carbocycles. The highest BCUT2D eigenvalue weighted by atomic mass is 16.4. The minimum Gasteiger partial charge on any atom is -0.481 e. The van der Waals surface area contributed by atoms with Crippen molar-refractivity contribution in [1.82, 2.24) is 5.32 Å². The summed E-state index contributed by atoms with van der Waals surface area (Å²) in [5.74, 6) is -0.817. The topological polar surface area (TPSA) is 49.3 Å². The second-order valence-corrected chi connectivity index (χ2v) is 6.48. The van der Waals surface area contributed by atoms with Gasteiger partial charge in [0.25, 0.3) is 0 Å². The van der Waals surface area contributed by atoms with Crippen molar-refractivity contribution in [3.05, 3.63) is 107 Å². The van der Waals surface area contributed by atoms with Crippen LogP contribution < -0.4 is 5.32 Å². The summed E-state index contributed by atoms with van der Waals surface area (Å²) in [5.41, 5.74) is 4.36. The summed E-state index contributed by atoms with van der Waals surface area (Å²) in [6.07, 6.45) is 0.0270. The van der Waals surface area contributed by atoms with E-state index in [0.29, 0.717) is 0 Å². The molecule has 0 aliphatic heterocycles. The normalized spacial score (nSPS) is 12.1. The lowest BCUT2D eigenvalue weighted by Gasteiger charge is -2.26. The molecule has 0 bridgehead atoms. The lowest BCUT2D eigenvalue weighted by Crippen LogP contribution is -2.29. The average Bonchev–Trinajstić information content (AvgIpc) is 2.67. The maximum atomic E-state index is 11.5. The molecule has 0 aliphatic rings. The molecule has 0 spiro atoms. The Morgan fingerprint density at radius 2 is 1.31 bits per heavy atom. The Bertz CT molecular complexity index is 790. The summed E-state index contributed by atoms with van der Waals surface area (Å²) in [4.78, 5) is 11.5. The summed E-state index contributed by atoms with van der Waals surface area (Å²) in [6, 6.07) is 27.9. The smallest absolute Gasteiger partial charge is 0.305 e.